The number of carbonyl (C=O) groups excluding carboxylic acids is 1. The number of carbonyl (C=O) groups is 1. The van der Waals surface area contributed by atoms with Crippen molar-refractivity contribution < 1.29 is 17.9 Å². The third kappa shape index (κ3) is 7.84. The zero-order valence-electron chi connectivity index (χ0n) is 26.5. The maximum Gasteiger partial charge on any atom is 0.244 e. The van der Waals surface area contributed by atoms with E-state index in [1.807, 2.05) is 50.2 Å². The van der Waals surface area contributed by atoms with Gasteiger partial charge in [0.05, 0.1) is 12.0 Å². The van der Waals surface area contributed by atoms with Gasteiger partial charge in [-0.2, -0.15) is 4.31 Å². The van der Waals surface area contributed by atoms with Crippen LogP contribution < -0.4 is 10.1 Å². The van der Waals surface area contributed by atoms with Gasteiger partial charge in [0.15, 0.2) is 0 Å². The lowest BCUT2D eigenvalue weighted by atomic mass is 9.93. The molecule has 5 rings (SSSR count). The zero-order chi connectivity index (χ0) is 31.8. The highest BCUT2D eigenvalue weighted by Crippen LogP contribution is 2.36. The molecule has 1 atom stereocenters. The SMILES string of the molecule is COc1cc(S(=O)(=O)N2CCc3ccccc3C2C(=O)NC(CCCc2ccccc2)CCCc2ccccc2)cc(C)c1C. The van der Waals surface area contributed by atoms with Gasteiger partial charge in [-0.1, -0.05) is 84.9 Å². The van der Waals surface area contributed by atoms with Crippen molar-refractivity contribution in [1.82, 2.24) is 9.62 Å². The maximum atomic E-state index is 14.3. The molecule has 1 unspecified atom stereocenters. The molecule has 45 heavy (non-hydrogen) atoms. The summed E-state index contributed by atoms with van der Waals surface area (Å²) in [6, 6.07) is 30.7. The molecule has 236 valence electrons. The molecule has 0 aromatic heterocycles. The summed E-state index contributed by atoms with van der Waals surface area (Å²) in [5, 5.41) is 3.33. The Bertz CT molecular complexity index is 1640. The first-order valence-corrected chi connectivity index (χ1v) is 17.3. The maximum absolute atomic E-state index is 14.3. The average molecular weight is 625 g/mol. The van der Waals surface area contributed by atoms with E-state index in [1.54, 1.807) is 19.2 Å². The van der Waals surface area contributed by atoms with Crippen molar-refractivity contribution in [3.63, 3.8) is 0 Å². The van der Waals surface area contributed by atoms with E-state index < -0.39 is 16.1 Å². The summed E-state index contributed by atoms with van der Waals surface area (Å²) in [7, 11) is -2.48. The molecule has 0 radical (unpaired) electrons. The highest BCUT2D eigenvalue weighted by Gasteiger charge is 2.41. The summed E-state index contributed by atoms with van der Waals surface area (Å²) in [6.07, 6.45) is 5.85. The first kappa shape index (κ1) is 32.5. The Hall–Kier alpha value is -3.94. The molecule has 0 saturated heterocycles. The van der Waals surface area contributed by atoms with Gasteiger partial charge in [0.1, 0.15) is 11.8 Å². The van der Waals surface area contributed by atoms with E-state index in [2.05, 4.69) is 53.8 Å². The average Bonchev–Trinajstić information content (AvgIpc) is 3.06. The van der Waals surface area contributed by atoms with Crippen LogP contribution in [0.4, 0.5) is 0 Å². The monoisotopic (exact) mass is 624 g/mol. The van der Waals surface area contributed by atoms with E-state index in [-0.39, 0.29) is 23.4 Å². The van der Waals surface area contributed by atoms with Crippen molar-refractivity contribution in [2.75, 3.05) is 13.7 Å². The van der Waals surface area contributed by atoms with Gasteiger partial charge < -0.3 is 10.1 Å². The number of ether oxygens (including phenoxy) is 1. The van der Waals surface area contributed by atoms with Crippen molar-refractivity contribution in [1.29, 1.82) is 0 Å². The molecule has 1 aliphatic heterocycles. The minimum Gasteiger partial charge on any atom is -0.496 e. The Morgan fingerprint density at radius 3 is 2.04 bits per heavy atom. The largest absolute Gasteiger partial charge is 0.496 e. The number of hydrogen-bond donors (Lipinski definition) is 1. The standard InChI is InChI=1S/C38H44N2O4S/c1-28-26-34(27-36(44-3)29(28)2)45(42,43)40-25-24-32-20-10-11-23-35(32)37(40)38(41)39-33(21-12-18-30-14-6-4-7-15-30)22-13-19-31-16-8-5-9-17-31/h4-11,14-17,20,23,26-27,33,37H,12-13,18-19,21-22,24-25H2,1-3H3,(H,39,41). The lowest BCUT2D eigenvalue weighted by molar-refractivity contribution is -0.126. The van der Waals surface area contributed by atoms with Gasteiger partial charge >= 0.3 is 0 Å². The fourth-order valence-corrected chi connectivity index (χ4v) is 8.00. The van der Waals surface area contributed by atoms with E-state index >= 15 is 0 Å². The summed E-state index contributed by atoms with van der Waals surface area (Å²) in [4.78, 5) is 14.5. The molecule has 0 fully saturated rings. The van der Waals surface area contributed by atoms with Gasteiger partial charge in [0.25, 0.3) is 0 Å². The zero-order valence-corrected chi connectivity index (χ0v) is 27.4. The highest BCUT2D eigenvalue weighted by atomic mass is 32.2. The van der Waals surface area contributed by atoms with Crippen molar-refractivity contribution in [3.8, 4) is 5.75 Å². The van der Waals surface area contributed by atoms with Crippen LogP contribution in [0.1, 0.15) is 65.1 Å². The number of nitrogens with zero attached hydrogens (tertiary/aromatic N) is 1. The van der Waals surface area contributed by atoms with Crippen LogP contribution in [0.25, 0.3) is 0 Å². The van der Waals surface area contributed by atoms with Crippen molar-refractivity contribution in [3.05, 3.63) is 130 Å². The molecule has 1 amide bonds. The number of nitrogens with one attached hydrogen (secondary N) is 1. The topological polar surface area (TPSA) is 75.7 Å². The molecule has 4 aromatic rings. The van der Waals surface area contributed by atoms with Crippen LogP contribution >= 0.6 is 0 Å². The predicted octanol–water partition coefficient (Wildman–Crippen LogP) is 7.13. The Kier molecular flexibility index (Phi) is 10.7. The first-order valence-electron chi connectivity index (χ1n) is 15.9. The number of aryl methyl sites for hydroxylation is 3. The summed E-state index contributed by atoms with van der Waals surface area (Å²) in [5.74, 6) is 0.245. The molecule has 4 aromatic carbocycles. The number of benzene rings is 4. The summed E-state index contributed by atoms with van der Waals surface area (Å²) in [5.41, 5.74) is 6.01. The molecule has 1 heterocycles. The van der Waals surface area contributed by atoms with E-state index in [0.29, 0.717) is 12.2 Å². The summed E-state index contributed by atoms with van der Waals surface area (Å²) >= 11 is 0. The summed E-state index contributed by atoms with van der Waals surface area (Å²) in [6.45, 7) is 4.01. The predicted molar refractivity (Wildman–Crippen MR) is 180 cm³/mol. The lowest BCUT2D eigenvalue weighted by Crippen LogP contribution is -2.49. The molecule has 6 nitrogen and oxygen atoms in total. The Morgan fingerprint density at radius 1 is 0.867 bits per heavy atom. The Morgan fingerprint density at radius 2 is 1.44 bits per heavy atom. The minimum absolute atomic E-state index is 0.0784. The Balaban J connectivity index is 1.41. The van der Waals surface area contributed by atoms with Gasteiger partial charge in [-0.15, -0.1) is 0 Å². The van der Waals surface area contributed by atoms with Crippen molar-refractivity contribution >= 4 is 15.9 Å². The number of methoxy groups -OCH3 is 1. The Labute approximate surface area is 268 Å². The number of hydrogen-bond acceptors (Lipinski definition) is 4. The minimum atomic E-state index is -4.02. The van der Waals surface area contributed by atoms with E-state index in [4.69, 9.17) is 4.74 Å². The number of rotatable bonds is 13. The number of fused-ring (bicyclic) bond motifs is 1. The molecule has 0 spiro atoms. The van der Waals surface area contributed by atoms with Gasteiger partial charge in [-0.25, -0.2) is 8.42 Å². The van der Waals surface area contributed by atoms with Crippen molar-refractivity contribution in [2.45, 2.75) is 75.8 Å². The third-order valence-electron chi connectivity index (χ3n) is 8.98. The second-order valence-electron chi connectivity index (χ2n) is 12.0. The fourth-order valence-electron chi connectivity index (χ4n) is 6.33. The van der Waals surface area contributed by atoms with E-state index in [0.717, 1.165) is 60.8 Å². The second-order valence-corrected chi connectivity index (χ2v) is 13.9. The van der Waals surface area contributed by atoms with Crippen LogP contribution in [0.3, 0.4) is 0 Å². The second kappa shape index (κ2) is 14.9. The van der Waals surface area contributed by atoms with E-state index in [1.165, 1.54) is 15.4 Å². The first-order chi connectivity index (χ1) is 21.8. The quantitative estimate of drug-likeness (QED) is 0.172. The molecule has 0 bridgehead atoms. The third-order valence-corrected chi connectivity index (χ3v) is 10.8. The highest BCUT2D eigenvalue weighted by molar-refractivity contribution is 7.89. The van der Waals surface area contributed by atoms with Crippen LogP contribution in [0.5, 0.6) is 5.75 Å². The van der Waals surface area contributed by atoms with E-state index in [9.17, 15) is 13.2 Å². The normalized spacial score (nSPS) is 15.1. The molecular weight excluding hydrogens is 580 g/mol. The van der Waals surface area contributed by atoms with Gasteiger partial charge in [0.2, 0.25) is 15.9 Å². The molecular formula is C38H44N2O4S. The van der Waals surface area contributed by atoms with Crippen molar-refractivity contribution in [2.24, 2.45) is 0 Å². The number of amides is 1. The van der Waals surface area contributed by atoms with Gasteiger partial charge in [-0.05, 0) is 98.2 Å². The van der Waals surface area contributed by atoms with Gasteiger partial charge in [0, 0.05) is 18.7 Å². The van der Waals surface area contributed by atoms with Crippen LogP contribution in [0, 0.1) is 13.8 Å². The number of sulfonamides is 1. The van der Waals surface area contributed by atoms with Crippen LogP contribution in [-0.4, -0.2) is 38.3 Å². The molecule has 7 heteroatoms. The lowest BCUT2D eigenvalue weighted by Gasteiger charge is -2.36. The summed E-state index contributed by atoms with van der Waals surface area (Å²) < 4.78 is 35.5. The van der Waals surface area contributed by atoms with Crippen LogP contribution in [0.2, 0.25) is 0 Å². The van der Waals surface area contributed by atoms with Gasteiger partial charge in [-0.3, -0.25) is 4.79 Å². The fraction of sp³-hybridized carbons (Fsp3) is 0.342. The molecule has 0 aliphatic carbocycles. The van der Waals surface area contributed by atoms with Crippen LogP contribution in [-0.2, 0) is 34.1 Å². The molecule has 1 N–H and O–H groups in total. The van der Waals surface area contributed by atoms with Crippen LogP contribution in [0.15, 0.2) is 102 Å². The molecule has 0 saturated carbocycles. The smallest absolute Gasteiger partial charge is 0.244 e. The molecule has 1 aliphatic rings.